The number of hydrogen-bond donors (Lipinski definition) is 1. The summed E-state index contributed by atoms with van der Waals surface area (Å²) in [6, 6.07) is 0.209. The van der Waals surface area contributed by atoms with Crippen molar-refractivity contribution in [3.8, 4) is 0 Å². The lowest BCUT2D eigenvalue weighted by molar-refractivity contribution is -0.143. The molecule has 0 saturated carbocycles. The van der Waals surface area contributed by atoms with E-state index in [9.17, 15) is 4.79 Å². The van der Waals surface area contributed by atoms with Crippen LogP contribution in [0.25, 0.3) is 0 Å². The normalized spacial score (nSPS) is 28.3. The third-order valence-corrected chi connectivity index (χ3v) is 3.46. The molecule has 0 aromatic heterocycles. The molecule has 1 aliphatic heterocycles. The number of carboxylic acids is 1. The zero-order valence-corrected chi connectivity index (χ0v) is 8.30. The molecule has 1 N–H and O–H groups in total. The van der Waals surface area contributed by atoms with E-state index in [1.807, 2.05) is 18.8 Å². The van der Waals surface area contributed by atoms with Gasteiger partial charge in [-0.3, -0.25) is 4.79 Å². The Kier molecular flexibility index (Phi) is 3.40. The molecule has 0 aliphatic carbocycles. The lowest BCUT2D eigenvalue weighted by Gasteiger charge is -2.34. The number of nitrogens with zero attached hydrogens (tertiary/aromatic N) is 1. The average molecular weight is 189 g/mol. The van der Waals surface area contributed by atoms with E-state index in [1.54, 1.807) is 6.92 Å². The SMILES string of the molecule is CC(C(=O)O)C1CSCCN1C. The molecule has 1 saturated heterocycles. The van der Waals surface area contributed by atoms with Crippen LogP contribution in [0, 0.1) is 5.92 Å². The summed E-state index contributed by atoms with van der Waals surface area (Å²) in [5.41, 5.74) is 0. The first-order valence-electron chi connectivity index (χ1n) is 4.13. The maximum Gasteiger partial charge on any atom is 0.307 e. The van der Waals surface area contributed by atoms with Gasteiger partial charge in [0.2, 0.25) is 0 Å². The lowest BCUT2D eigenvalue weighted by Crippen LogP contribution is -2.45. The van der Waals surface area contributed by atoms with Crippen molar-refractivity contribution in [3.05, 3.63) is 0 Å². The van der Waals surface area contributed by atoms with Gasteiger partial charge in [0.05, 0.1) is 5.92 Å². The minimum absolute atomic E-state index is 0.209. The fraction of sp³-hybridized carbons (Fsp3) is 0.875. The van der Waals surface area contributed by atoms with Crippen molar-refractivity contribution in [1.82, 2.24) is 4.90 Å². The number of rotatable bonds is 2. The highest BCUT2D eigenvalue weighted by Crippen LogP contribution is 2.20. The Labute approximate surface area is 77.1 Å². The van der Waals surface area contributed by atoms with Crippen molar-refractivity contribution in [2.45, 2.75) is 13.0 Å². The monoisotopic (exact) mass is 189 g/mol. The zero-order valence-electron chi connectivity index (χ0n) is 7.49. The van der Waals surface area contributed by atoms with E-state index in [0.29, 0.717) is 0 Å². The molecule has 1 fully saturated rings. The van der Waals surface area contributed by atoms with Gasteiger partial charge in [0.25, 0.3) is 0 Å². The molecule has 3 nitrogen and oxygen atoms in total. The van der Waals surface area contributed by atoms with Crippen LogP contribution in [0.15, 0.2) is 0 Å². The van der Waals surface area contributed by atoms with E-state index in [2.05, 4.69) is 4.90 Å². The Bertz CT molecular complexity index is 174. The van der Waals surface area contributed by atoms with Gasteiger partial charge in [0.1, 0.15) is 0 Å². The minimum Gasteiger partial charge on any atom is -0.481 e. The molecule has 2 unspecified atom stereocenters. The molecule has 0 bridgehead atoms. The van der Waals surface area contributed by atoms with E-state index < -0.39 is 5.97 Å². The third-order valence-electron chi connectivity index (χ3n) is 2.41. The van der Waals surface area contributed by atoms with Gasteiger partial charge in [-0.05, 0) is 7.05 Å². The number of hydrogen-bond acceptors (Lipinski definition) is 3. The van der Waals surface area contributed by atoms with Gasteiger partial charge in [-0.15, -0.1) is 0 Å². The molecule has 0 aromatic rings. The molecule has 0 spiro atoms. The van der Waals surface area contributed by atoms with E-state index >= 15 is 0 Å². The van der Waals surface area contributed by atoms with Gasteiger partial charge < -0.3 is 10.0 Å². The number of aliphatic carboxylic acids is 1. The highest BCUT2D eigenvalue weighted by Gasteiger charge is 2.29. The predicted octanol–water partition coefficient (Wildman–Crippen LogP) is 0.754. The molecule has 1 heterocycles. The van der Waals surface area contributed by atoms with Crippen LogP contribution in [0.5, 0.6) is 0 Å². The average Bonchev–Trinajstić information content (AvgIpc) is 2.04. The number of carbonyl (C=O) groups is 1. The van der Waals surface area contributed by atoms with Crippen molar-refractivity contribution in [1.29, 1.82) is 0 Å². The molecule has 2 atom stereocenters. The maximum atomic E-state index is 10.7. The molecule has 1 aliphatic rings. The molecule has 12 heavy (non-hydrogen) atoms. The first-order chi connectivity index (χ1) is 5.63. The summed E-state index contributed by atoms with van der Waals surface area (Å²) in [6.07, 6.45) is 0. The summed E-state index contributed by atoms with van der Waals surface area (Å²) in [4.78, 5) is 12.9. The van der Waals surface area contributed by atoms with E-state index in [0.717, 1.165) is 18.1 Å². The van der Waals surface area contributed by atoms with Crippen LogP contribution in [-0.2, 0) is 4.79 Å². The molecule has 1 rings (SSSR count). The van der Waals surface area contributed by atoms with Crippen molar-refractivity contribution in [2.24, 2.45) is 5.92 Å². The standard InChI is InChI=1S/C8H15NO2S/c1-6(8(10)11)7-5-12-4-3-9(7)2/h6-7H,3-5H2,1-2H3,(H,10,11). The Balaban J connectivity index is 2.53. The fourth-order valence-corrected chi connectivity index (χ4v) is 2.76. The second-order valence-electron chi connectivity index (χ2n) is 3.25. The Morgan fingerprint density at radius 1 is 1.75 bits per heavy atom. The molecule has 0 aromatic carbocycles. The van der Waals surface area contributed by atoms with Crippen LogP contribution >= 0.6 is 11.8 Å². The smallest absolute Gasteiger partial charge is 0.307 e. The van der Waals surface area contributed by atoms with Gasteiger partial charge in [0, 0.05) is 24.1 Å². The second kappa shape index (κ2) is 4.14. The first kappa shape index (κ1) is 9.86. The Morgan fingerprint density at radius 2 is 2.42 bits per heavy atom. The van der Waals surface area contributed by atoms with Crippen LogP contribution in [-0.4, -0.2) is 47.1 Å². The maximum absolute atomic E-state index is 10.7. The molecular weight excluding hydrogens is 174 g/mol. The van der Waals surface area contributed by atoms with Crippen LogP contribution in [0.1, 0.15) is 6.92 Å². The quantitative estimate of drug-likeness (QED) is 0.696. The minimum atomic E-state index is -0.686. The molecule has 70 valence electrons. The van der Waals surface area contributed by atoms with Crippen LogP contribution < -0.4 is 0 Å². The first-order valence-corrected chi connectivity index (χ1v) is 5.29. The molecule has 0 amide bonds. The summed E-state index contributed by atoms with van der Waals surface area (Å²) in [5, 5.41) is 8.82. The largest absolute Gasteiger partial charge is 0.481 e. The summed E-state index contributed by atoms with van der Waals surface area (Å²) in [6.45, 7) is 2.79. The van der Waals surface area contributed by atoms with Gasteiger partial charge in [0.15, 0.2) is 0 Å². The second-order valence-corrected chi connectivity index (χ2v) is 4.40. The van der Waals surface area contributed by atoms with Crippen LogP contribution in [0.4, 0.5) is 0 Å². The highest BCUT2D eigenvalue weighted by atomic mass is 32.2. The van der Waals surface area contributed by atoms with E-state index in [4.69, 9.17) is 5.11 Å². The van der Waals surface area contributed by atoms with Crippen molar-refractivity contribution in [2.75, 3.05) is 25.1 Å². The lowest BCUT2D eigenvalue weighted by atomic mass is 10.0. The predicted molar refractivity (Wildman–Crippen MR) is 50.5 cm³/mol. The number of thioether (sulfide) groups is 1. The van der Waals surface area contributed by atoms with Gasteiger partial charge in [-0.2, -0.15) is 11.8 Å². The summed E-state index contributed by atoms with van der Waals surface area (Å²) in [5.74, 6) is 1.14. The highest BCUT2D eigenvalue weighted by molar-refractivity contribution is 7.99. The van der Waals surface area contributed by atoms with Crippen molar-refractivity contribution >= 4 is 17.7 Å². The number of carboxylic acid groups (broad SMARTS) is 1. The molecule has 4 heteroatoms. The van der Waals surface area contributed by atoms with Crippen LogP contribution in [0.2, 0.25) is 0 Å². The Hall–Kier alpha value is -0.220. The summed E-state index contributed by atoms with van der Waals surface area (Å²) >= 11 is 1.85. The third kappa shape index (κ3) is 2.14. The summed E-state index contributed by atoms with van der Waals surface area (Å²) < 4.78 is 0. The van der Waals surface area contributed by atoms with Gasteiger partial charge >= 0.3 is 5.97 Å². The van der Waals surface area contributed by atoms with Gasteiger partial charge in [-0.25, -0.2) is 0 Å². The van der Waals surface area contributed by atoms with Gasteiger partial charge in [-0.1, -0.05) is 6.92 Å². The van der Waals surface area contributed by atoms with E-state index in [1.165, 1.54) is 0 Å². The molecule has 0 radical (unpaired) electrons. The molecular formula is C8H15NO2S. The fourth-order valence-electron chi connectivity index (χ4n) is 1.40. The topological polar surface area (TPSA) is 40.5 Å². The Morgan fingerprint density at radius 3 is 2.92 bits per heavy atom. The van der Waals surface area contributed by atoms with E-state index in [-0.39, 0.29) is 12.0 Å². The summed E-state index contributed by atoms with van der Waals surface area (Å²) in [7, 11) is 2.00. The van der Waals surface area contributed by atoms with Crippen LogP contribution in [0.3, 0.4) is 0 Å². The van der Waals surface area contributed by atoms with Crippen molar-refractivity contribution in [3.63, 3.8) is 0 Å². The van der Waals surface area contributed by atoms with Crippen molar-refractivity contribution < 1.29 is 9.90 Å². The zero-order chi connectivity index (χ0) is 9.14.